The van der Waals surface area contributed by atoms with Crippen LogP contribution in [-0.4, -0.2) is 16.7 Å². The Morgan fingerprint density at radius 2 is 1.71 bits per heavy atom. The Labute approximate surface area is 166 Å². The lowest BCUT2D eigenvalue weighted by atomic mass is 9.91. The van der Waals surface area contributed by atoms with E-state index >= 15 is 0 Å². The number of aryl methyl sites for hydroxylation is 2. The normalized spacial score (nSPS) is 12.3. The number of fused-ring (bicyclic) bond motifs is 1. The van der Waals surface area contributed by atoms with Crippen LogP contribution >= 0.6 is 0 Å². The van der Waals surface area contributed by atoms with Gasteiger partial charge < -0.3 is 4.84 Å². The first-order chi connectivity index (χ1) is 13.2. The first kappa shape index (κ1) is 19.7. The van der Waals surface area contributed by atoms with E-state index in [0.717, 1.165) is 27.9 Å². The zero-order chi connectivity index (χ0) is 20.5. The fourth-order valence-electron chi connectivity index (χ4n) is 2.69. The van der Waals surface area contributed by atoms with Gasteiger partial charge in [0.1, 0.15) is 0 Å². The van der Waals surface area contributed by atoms with Crippen LogP contribution in [0.4, 0.5) is 0 Å². The van der Waals surface area contributed by atoms with E-state index in [-0.39, 0.29) is 5.41 Å². The van der Waals surface area contributed by atoms with Crippen LogP contribution in [-0.2, 0) is 4.84 Å². The lowest BCUT2D eigenvalue weighted by Gasteiger charge is -2.16. The predicted molar refractivity (Wildman–Crippen MR) is 115 cm³/mol. The topological polar surface area (TPSA) is 51.5 Å². The molecule has 2 aromatic carbocycles. The van der Waals surface area contributed by atoms with E-state index in [1.165, 1.54) is 11.1 Å². The van der Waals surface area contributed by atoms with Crippen molar-refractivity contribution < 1.29 is 9.63 Å². The molecule has 1 aromatic heterocycles. The molecule has 3 rings (SSSR count). The smallest absolute Gasteiger partial charge is 0.313 e. The fraction of sp³-hybridized carbons (Fsp3) is 0.292. The van der Waals surface area contributed by atoms with E-state index in [4.69, 9.17) is 9.82 Å². The minimum absolute atomic E-state index is 0.162. The molecule has 0 fully saturated rings. The summed E-state index contributed by atoms with van der Waals surface area (Å²) in [6.07, 6.45) is 0. The van der Waals surface area contributed by atoms with Crippen LogP contribution in [0.1, 0.15) is 49.2 Å². The van der Waals surface area contributed by atoms with Gasteiger partial charge in [-0.2, -0.15) is 0 Å². The lowest BCUT2D eigenvalue weighted by Crippen LogP contribution is -2.18. The van der Waals surface area contributed by atoms with Crippen molar-refractivity contribution in [2.75, 3.05) is 0 Å². The molecule has 0 saturated heterocycles. The summed E-state index contributed by atoms with van der Waals surface area (Å²) in [5.74, 6) is -0.479. The van der Waals surface area contributed by atoms with Crippen molar-refractivity contribution >= 4 is 22.6 Å². The van der Waals surface area contributed by atoms with E-state index in [2.05, 4.69) is 31.1 Å². The van der Waals surface area contributed by atoms with Crippen LogP contribution < -0.4 is 0 Å². The van der Waals surface area contributed by atoms with E-state index < -0.39 is 5.97 Å². The molecule has 0 bridgehead atoms. The number of pyridine rings is 1. The number of hydrogen-bond acceptors (Lipinski definition) is 4. The van der Waals surface area contributed by atoms with Gasteiger partial charge in [0.25, 0.3) is 0 Å². The second-order valence-electron chi connectivity index (χ2n) is 8.18. The maximum Gasteiger partial charge on any atom is 0.366 e. The maximum absolute atomic E-state index is 12.8. The Hall–Kier alpha value is -3.01. The predicted octanol–water partition coefficient (Wildman–Crippen LogP) is 6.10. The quantitative estimate of drug-likeness (QED) is 0.316. The number of hydrogen-bond donors (Lipinski definition) is 0. The molecule has 4 heteroatoms. The third-order valence-corrected chi connectivity index (χ3v) is 5.09. The largest absolute Gasteiger partial charge is 0.366 e. The minimum atomic E-state index is -0.479. The zero-order valence-electron chi connectivity index (χ0n) is 17.3. The molecular weight excluding hydrogens is 348 g/mol. The van der Waals surface area contributed by atoms with Crippen LogP contribution in [0.15, 0.2) is 53.7 Å². The Morgan fingerprint density at radius 3 is 2.39 bits per heavy atom. The Kier molecular flexibility index (Phi) is 5.32. The second kappa shape index (κ2) is 7.55. The summed E-state index contributed by atoms with van der Waals surface area (Å²) >= 11 is 0. The van der Waals surface area contributed by atoms with Gasteiger partial charge in [-0.1, -0.05) is 56.3 Å². The van der Waals surface area contributed by atoms with Gasteiger partial charge in [-0.15, -0.1) is 0 Å². The van der Waals surface area contributed by atoms with Crippen molar-refractivity contribution in [2.45, 2.75) is 41.5 Å². The highest BCUT2D eigenvalue weighted by atomic mass is 16.7. The van der Waals surface area contributed by atoms with E-state index in [9.17, 15) is 4.79 Å². The molecule has 0 aliphatic carbocycles. The molecular formula is C24H26N2O2. The number of carbonyl (C=O) groups excluding carboxylic acids is 1. The van der Waals surface area contributed by atoms with Gasteiger partial charge in [-0.25, -0.2) is 9.78 Å². The lowest BCUT2D eigenvalue weighted by molar-refractivity contribution is 0.0514. The molecule has 3 aromatic rings. The first-order valence-corrected chi connectivity index (χ1v) is 9.40. The summed E-state index contributed by atoms with van der Waals surface area (Å²) in [6, 6.07) is 15.5. The summed E-state index contributed by atoms with van der Waals surface area (Å²) in [7, 11) is 0. The van der Waals surface area contributed by atoms with Gasteiger partial charge in [-0.3, -0.25) is 0 Å². The highest BCUT2D eigenvalue weighted by Gasteiger charge is 2.18. The number of oxime groups is 1. The second-order valence-corrected chi connectivity index (χ2v) is 8.18. The van der Waals surface area contributed by atoms with Gasteiger partial charge in [0.2, 0.25) is 0 Å². The van der Waals surface area contributed by atoms with Crippen LogP contribution in [0.25, 0.3) is 22.2 Å². The molecule has 28 heavy (non-hydrogen) atoms. The molecule has 4 nitrogen and oxygen atoms in total. The SMILES string of the molecule is CC(=NOC(=O)c1cc(-c2ccc(C)c(C)c2)nc2ccccc12)C(C)(C)C. The molecule has 0 amide bonds. The molecule has 0 saturated carbocycles. The van der Waals surface area contributed by atoms with Crippen LogP contribution in [0.5, 0.6) is 0 Å². The van der Waals surface area contributed by atoms with E-state index in [1.54, 1.807) is 6.07 Å². The summed E-state index contributed by atoms with van der Waals surface area (Å²) in [6.45, 7) is 12.1. The minimum Gasteiger partial charge on any atom is -0.313 e. The third kappa shape index (κ3) is 4.11. The van der Waals surface area contributed by atoms with Gasteiger partial charge in [0.15, 0.2) is 0 Å². The molecule has 144 valence electrons. The molecule has 1 heterocycles. The van der Waals surface area contributed by atoms with Crippen molar-refractivity contribution in [1.29, 1.82) is 0 Å². The number of benzene rings is 2. The average molecular weight is 374 g/mol. The number of rotatable bonds is 3. The average Bonchev–Trinajstić information content (AvgIpc) is 2.66. The van der Waals surface area contributed by atoms with Gasteiger partial charge in [0.05, 0.1) is 22.5 Å². The fourth-order valence-corrected chi connectivity index (χ4v) is 2.69. The van der Waals surface area contributed by atoms with Crippen molar-refractivity contribution in [3.8, 4) is 11.3 Å². The monoisotopic (exact) mass is 374 g/mol. The van der Waals surface area contributed by atoms with Crippen LogP contribution in [0, 0.1) is 19.3 Å². The molecule has 0 unspecified atom stereocenters. The number of nitrogens with zero attached hydrogens (tertiary/aromatic N) is 2. The number of para-hydroxylation sites is 1. The standard InChI is InChI=1S/C24H26N2O2/c1-15-11-12-18(13-16(15)2)22-14-20(19-9-7-8-10-21(19)25-22)23(27)28-26-17(3)24(4,5)6/h7-14H,1-6H3. The highest BCUT2D eigenvalue weighted by molar-refractivity contribution is 6.04. The number of aromatic nitrogens is 1. The summed E-state index contributed by atoms with van der Waals surface area (Å²) in [5, 5.41) is 4.81. The van der Waals surface area contributed by atoms with Crippen molar-refractivity contribution in [3.05, 3.63) is 65.2 Å². The molecule has 0 N–H and O–H groups in total. The molecule has 0 aliphatic heterocycles. The third-order valence-electron chi connectivity index (χ3n) is 5.09. The molecule has 0 atom stereocenters. The highest BCUT2D eigenvalue weighted by Crippen LogP contribution is 2.27. The summed E-state index contributed by atoms with van der Waals surface area (Å²) in [5.41, 5.74) is 5.92. The number of carbonyl (C=O) groups is 1. The van der Waals surface area contributed by atoms with E-state index in [1.807, 2.05) is 58.0 Å². The summed E-state index contributed by atoms with van der Waals surface area (Å²) < 4.78 is 0. The van der Waals surface area contributed by atoms with Crippen LogP contribution in [0.3, 0.4) is 0 Å². The van der Waals surface area contributed by atoms with Gasteiger partial charge in [-0.05, 0) is 50.1 Å². The maximum atomic E-state index is 12.8. The van der Waals surface area contributed by atoms with Crippen molar-refractivity contribution in [3.63, 3.8) is 0 Å². The van der Waals surface area contributed by atoms with Crippen molar-refractivity contribution in [1.82, 2.24) is 4.98 Å². The Bertz CT molecular complexity index is 1080. The molecule has 0 spiro atoms. The van der Waals surface area contributed by atoms with Crippen molar-refractivity contribution in [2.24, 2.45) is 10.6 Å². The summed E-state index contributed by atoms with van der Waals surface area (Å²) in [4.78, 5) is 22.9. The van der Waals surface area contributed by atoms with Gasteiger partial charge >= 0.3 is 5.97 Å². The van der Waals surface area contributed by atoms with E-state index in [0.29, 0.717) is 5.56 Å². The first-order valence-electron chi connectivity index (χ1n) is 9.40. The Morgan fingerprint density at radius 1 is 1.00 bits per heavy atom. The molecule has 0 radical (unpaired) electrons. The molecule has 0 aliphatic rings. The zero-order valence-corrected chi connectivity index (χ0v) is 17.3. The van der Waals surface area contributed by atoms with Gasteiger partial charge in [0, 0.05) is 16.4 Å². The van der Waals surface area contributed by atoms with Crippen LogP contribution in [0.2, 0.25) is 0 Å². The Balaban J connectivity index is 2.08.